The molecule has 7 nitrogen and oxygen atoms in total. The number of thiophene rings is 1. The number of carbonyl (C=O) groups is 2. The molecule has 8 heteroatoms. The molecule has 3 aromatic rings. The van der Waals surface area contributed by atoms with Crippen molar-refractivity contribution in [2.75, 3.05) is 11.9 Å². The lowest BCUT2D eigenvalue weighted by molar-refractivity contribution is 0.0528. The number of anilines is 1. The zero-order valence-corrected chi connectivity index (χ0v) is 16.9. The second-order valence-corrected chi connectivity index (χ2v) is 7.34. The van der Waals surface area contributed by atoms with Crippen LogP contribution in [0.2, 0.25) is 0 Å². The molecule has 3 heterocycles. The van der Waals surface area contributed by atoms with E-state index in [0.717, 1.165) is 22.7 Å². The Balaban J connectivity index is 2.03. The summed E-state index contributed by atoms with van der Waals surface area (Å²) in [5.74, 6) is -0.728. The summed E-state index contributed by atoms with van der Waals surface area (Å²) in [7, 11) is 1.80. The topological polar surface area (TPSA) is 86.1 Å². The van der Waals surface area contributed by atoms with Crippen molar-refractivity contribution in [3.63, 3.8) is 0 Å². The molecule has 0 radical (unpaired) electrons. The van der Waals surface area contributed by atoms with Crippen LogP contribution in [0.4, 0.5) is 5.00 Å². The van der Waals surface area contributed by atoms with E-state index in [0.29, 0.717) is 27.2 Å². The molecule has 142 valence electrons. The molecule has 0 aliphatic carbocycles. The highest BCUT2D eigenvalue weighted by Gasteiger charge is 2.22. The summed E-state index contributed by atoms with van der Waals surface area (Å²) >= 11 is 1.39. The maximum absolute atomic E-state index is 13.1. The van der Waals surface area contributed by atoms with Gasteiger partial charge in [-0.1, -0.05) is 6.92 Å². The van der Waals surface area contributed by atoms with E-state index in [-0.39, 0.29) is 12.5 Å². The molecule has 1 amide bonds. The third-order valence-electron chi connectivity index (χ3n) is 4.20. The van der Waals surface area contributed by atoms with Gasteiger partial charge in [0.15, 0.2) is 5.65 Å². The van der Waals surface area contributed by atoms with Gasteiger partial charge in [0.05, 0.1) is 28.8 Å². The van der Waals surface area contributed by atoms with E-state index in [1.165, 1.54) is 11.3 Å². The first-order chi connectivity index (χ1) is 12.8. The van der Waals surface area contributed by atoms with Crippen LogP contribution in [-0.4, -0.2) is 33.2 Å². The van der Waals surface area contributed by atoms with Gasteiger partial charge < -0.3 is 10.1 Å². The first kappa shape index (κ1) is 19.0. The average Bonchev–Trinajstić information content (AvgIpc) is 3.15. The number of rotatable bonds is 5. The van der Waals surface area contributed by atoms with Crippen molar-refractivity contribution in [1.29, 1.82) is 0 Å². The van der Waals surface area contributed by atoms with Crippen molar-refractivity contribution in [2.24, 2.45) is 7.05 Å². The molecule has 3 rings (SSSR count). The molecule has 3 aromatic heterocycles. The number of pyridine rings is 1. The summed E-state index contributed by atoms with van der Waals surface area (Å²) in [6.45, 7) is 7.72. The van der Waals surface area contributed by atoms with Gasteiger partial charge in [0.1, 0.15) is 5.00 Å². The zero-order valence-electron chi connectivity index (χ0n) is 16.0. The lowest BCUT2D eigenvalue weighted by Crippen LogP contribution is -2.15. The number of aryl methyl sites for hydroxylation is 4. The molecule has 0 bridgehead atoms. The van der Waals surface area contributed by atoms with Crippen LogP contribution in [0.15, 0.2) is 12.1 Å². The number of esters is 1. The molecule has 0 atom stereocenters. The Labute approximate surface area is 161 Å². The lowest BCUT2D eigenvalue weighted by Gasteiger charge is -2.08. The zero-order chi connectivity index (χ0) is 19.7. The summed E-state index contributed by atoms with van der Waals surface area (Å²) < 4.78 is 6.78. The van der Waals surface area contributed by atoms with Crippen molar-refractivity contribution in [1.82, 2.24) is 14.8 Å². The molecule has 0 aliphatic rings. The summed E-state index contributed by atoms with van der Waals surface area (Å²) in [6.07, 6.45) is 0.771. The van der Waals surface area contributed by atoms with E-state index in [1.807, 2.05) is 20.8 Å². The quantitative estimate of drug-likeness (QED) is 0.677. The van der Waals surface area contributed by atoms with Gasteiger partial charge in [-0.3, -0.25) is 9.48 Å². The van der Waals surface area contributed by atoms with Crippen LogP contribution in [0.3, 0.4) is 0 Å². The Hall–Kier alpha value is -2.74. The minimum Gasteiger partial charge on any atom is -0.462 e. The standard InChI is InChI=1S/C19H22N4O3S/c1-6-12-9-14(19(25)26-7-2)18(27-12)21-17(24)13-8-10(3)20-16-15(13)11(4)22-23(16)5/h8-9H,6-7H2,1-5H3,(H,21,24). The minimum absolute atomic E-state index is 0.280. The Kier molecular flexibility index (Phi) is 5.27. The second-order valence-electron chi connectivity index (χ2n) is 6.20. The first-order valence-electron chi connectivity index (χ1n) is 8.77. The molecular weight excluding hydrogens is 364 g/mol. The maximum atomic E-state index is 13.1. The number of hydrogen-bond acceptors (Lipinski definition) is 6. The van der Waals surface area contributed by atoms with E-state index < -0.39 is 5.97 Å². The van der Waals surface area contributed by atoms with E-state index in [2.05, 4.69) is 15.4 Å². The van der Waals surface area contributed by atoms with Crippen LogP contribution in [0.25, 0.3) is 11.0 Å². The van der Waals surface area contributed by atoms with Crippen LogP contribution in [0, 0.1) is 13.8 Å². The predicted octanol–water partition coefficient (Wildman–Crippen LogP) is 3.64. The number of fused-ring (bicyclic) bond motifs is 1. The summed E-state index contributed by atoms with van der Waals surface area (Å²) in [6, 6.07) is 3.52. The largest absolute Gasteiger partial charge is 0.462 e. The molecule has 0 aliphatic heterocycles. The Bertz CT molecular complexity index is 1040. The number of ether oxygens (including phenoxy) is 1. The molecule has 0 fully saturated rings. The fraction of sp³-hybridized carbons (Fsp3) is 0.368. The van der Waals surface area contributed by atoms with Gasteiger partial charge >= 0.3 is 5.97 Å². The van der Waals surface area contributed by atoms with Crippen LogP contribution in [-0.2, 0) is 18.2 Å². The highest BCUT2D eigenvalue weighted by molar-refractivity contribution is 7.16. The summed E-state index contributed by atoms with van der Waals surface area (Å²) in [5.41, 5.74) is 2.99. The number of carbonyl (C=O) groups excluding carboxylic acids is 2. The smallest absolute Gasteiger partial charge is 0.341 e. The normalized spacial score (nSPS) is 11.0. The van der Waals surface area contributed by atoms with Crippen molar-refractivity contribution in [3.8, 4) is 0 Å². The molecule has 0 saturated carbocycles. The Morgan fingerprint density at radius 1 is 1.22 bits per heavy atom. The monoisotopic (exact) mass is 386 g/mol. The average molecular weight is 386 g/mol. The molecular formula is C19H22N4O3S. The molecule has 0 saturated heterocycles. The Morgan fingerprint density at radius 3 is 2.63 bits per heavy atom. The SMILES string of the molecule is CCOC(=O)c1cc(CC)sc1NC(=O)c1cc(C)nc2c1c(C)nn2C. The van der Waals surface area contributed by atoms with Gasteiger partial charge in [-0.2, -0.15) is 5.10 Å². The fourth-order valence-corrected chi connectivity index (χ4v) is 3.97. The molecule has 27 heavy (non-hydrogen) atoms. The van der Waals surface area contributed by atoms with Gasteiger partial charge in [0, 0.05) is 17.6 Å². The van der Waals surface area contributed by atoms with E-state index >= 15 is 0 Å². The molecule has 1 N–H and O–H groups in total. The summed E-state index contributed by atoms with van der Waals surface area (Å²) in [5, 5.41) is 8.48. The first-order valence-corrected chi connectivity index (χ1v) is 9.59. The highest BCUT2D eigenvalue weighted by Crippen LogP contribution is 2.31. The second kappa shape index (κ2) is 7.48. The van der Waals surface area contributed by atoms with Gasteiger partial charge in [-0.15, -0.1) is 11.3 Å². The van der Waals surface area contributed by atoms with Gasteiger partial charge in [0.2, 0.25) is 0 Å². The van der Waals surface area contributed by atoms with Gasteiger partial charge in [-0.25, -0.2) is 9.78 Å². The van der Waals surface area contributed by atoms with E-state index in [9.17, 15) is 9.59 Å². The molecule has 0 unspecified atom stereocenters. The fourth-order valence-electron chi connectivity index (χ4n) is 2.99. The number of nitrogens with zero attached hydrogens (tertiary/aromatic N) is 3. The van der Waals surface area contributed by atoms with Crippen molar-refractivity contribution < 1.29 is 14.3 Å². The number of hydrogen-bond donors (Lipinski definition) is 1. The summed E-state index contributed by atoms with van der Waals surface area (Å²) in [4.78, 5) is 30.8. The van der Waals surface area contributed by atoms with E-state index in [4.69, 9.17) is 4.74 Å². The third kappa shape index (κ3) is 3.57. The lowest BCUT2D eigenvalue weighted by atomic mass is 10.1. The molecule has 0 spiro atoms. The van der Waals surface area contributed by atoms with Crippen LogP contribution in [0.5, 0.6) is 0 Å². The van der Waals surface area contributed by atoms with Crippen molar-refractivity contribution in [2.45, 2.75) is 34.1 Å². The van der Waals surface area contributed by atoms with Crippen LogP contribution < -0.4 is 5.32 Å². The van der Waals surface area contributed by atoms with Gasteiger partial charge in [-0.05, 0) is 39.3 Å². The number of nitrogens with one attached hydrogen (secondary N) is 1. The highest BCUT2D eigenvalue weighted by atomic mass is 32.1. The number of amides is 1. The van der Waals surface area contributed by atoms with Crippen LogP contribution in [0.1, 0.15) is 50.8 Å². The van der Waals surface area contributed by atoms with Crippen molar-refractivity contribution >= 4 is 39.2 Å². The molecule has 0 aromatic carbocycles. The maximum Gasteiger partial charge on any atom is 0.341 e. The Morgan fingerprint density at radius 2 is 1.96 bits per heavy atom. The van der Waals surface area contributed by atoms with E-state index in [1.54, 1.807) is 30.8 Å². The van der Waals surface area contributed by atoms with Gasteiger partial charge in [0.25, 0.3) is 5.91 Å². The third-order valence-corrected chi connectivity index (χ3v) is 5.39. The minimum atomic E-state index is -0.433. The predicted molar refractivity (Wildman–Crippen MR) is 106 cm³/mol. The van der Waals surface area contributed by atoms with Crippen molar-refractivity contribution in [3.05, 3.63) is 39.5 Å². The van der Waals surface area contributed by atoms with Crippen LogP contribution >= 0.6 is 11.3 Å². The number of aromatic nitrogens is 3.